The van der Waals surface area contributed by atoms with Crippen LogP contribution in [0, 0.1) is 0 Å². The van der Waals surface area contributed by atoms with Gasteiger partial charge in [-0.3, -0.25) is 10.1 Å². The molecule has 3 N–H and O–H groups in total. The van der Waals surface area contributed by atoms with Crippen molar-refractivity contribution in [1.82, 2.24) is 10.6 Å². The summed E-state index contributed by atoms with van der Waals surface area (Å²) in [7, 11) is 1.80. The second-order valence-electron chi connectivity index (χ2n) is 5.66. The van der Waals surface area contributed by atoms with Crippen molar-refractivity contribution in [2.24, 2.45) is 0 Å². The maximum absolute atomic E-state index is 12.1. The number of benzene rings is 1. The van der Waals surface area contributed by atoms with Gasteiger partial charge in [0.25, 0.3) is 5.91 Å². The lowest BCUT2D eigenvalue weighted by molar-refractivity contribution is -0.885. The molecule has 0 aliphatic rings. The second kappa shape index (κ2) is 9.82. The molecule has 2 atom stereocenters. The summed E-state index contributed by atoms with van der Waals surface area (Å²) in [4.78, 5) is 24.2. The Hall–Kier alpha value is -2.22. The minimum atomic E-state index is -2.85. The summed E-state index contributed by atoms with van der Waals surface area (Å²) in [5.74, 6) is -0.295. The fraction of sp³-hybridized carbons (Fsp3) is 0.500. The fourth-order valence-corrected chi connectivity index (χ4v) is 2.01. The molecule has 0 aliphatic carbocycles. The highest BCUT2D eigenvalue weighted by molar-refractivity contribution is 5.94. The predicted octanol–water partition coefficient (Wildman–Crippen LogP) is 0.927. The number of carbonyl (C=O) groups is 2. The smallest absolute Gasteiger partial charge is 0.387 e. The monoisotopic (exact) mass is 344 g/mol. The molecule has 8 heteroatoms. The third-order valence-corrected chi connectivity index (χ3v) is 3.36. The van der Waals surface area contributed by atoms with Crippen molar-refractivity contribution in [2.45, 2.75) is 39.5 Å². The summed E-state index contributed by atoms with van der Waals surface area (Å²) in [5.41, 5.74) is 0.867. The third kappa shape index (κ3) is 7.87. The molecular weight excluding hydrogens is 320 g/mol. The average molecular weight is 344 g/mol. The number of halogens is 2. The van der Waals surface area contributed by atoms with Gasteiger partial charge in [0, 0.05) is 11.6 Å². The molecule has 0 bridgehead atoms. The SMILES string of the molecule is CC[C@@H](C)NC(=O)NC(=O)C[NH+](C)Cc1ccc(OC(F)F)cc1. The molecule has 0 fully saturated rings. The van der Waals surface area contributed by atoms with E-state index in [1.807, 2.05) is 13.8 Å². The van der Waals surface area contributed by atoms with Gasteiger partial charge in [-0.25, -0.2) is 4.79 Å². The predicted molar refractivity (Wildman–Crippen MR) is 85.0 cm³/mol. The summed E-state index contributed by atoms with van der Waals surface area (Å²) in [6.07, 6.45) is 0.776. The average Bonchev–Trinajstić information content (AvgIpc) is 2.48. The zero-order valence-electron chi connectivity index (χ0n) is 14.1. The van der Waals surface area contributed by atoms with Gasteiger partial charge in [-0.2, -0.15) is 8.78 Å². The zero-order chi connectivity index (χ0) is 18.1. The highest BCUT2D eigenvalue weighted by Gasteiger charge is 2.14. The van der Waals surface area contributed by atoms with Crippen LogP contribution < -0.4 is 20.3 Å². The van der Waals surface area contributed by atoms with Crippen LogP contribution in [0.2, 0.25) is 0 Å². The van der Waals surface area contributed by atoms with Gasteiger partial charge in [-0.15, -0.1) is 0 Å². The van der Waals surface area contributed by atoms with Crippen molar-refractivity contribution in [1.29, 1.82) is 0 Å². The van der Waals surface area contributed by atoms with E-state index in [9.17, 15) is 18.4 Å². The first kappa shape index (κ1) is 19.8. The molecule has 0 heterocycles. The molecule has 3 amide bonds. The maximum atomic E-state index is 12.1. The van der Waals surface area contributed by atoms with Crippen LogP contribution in [0.5, 0.6) is 5.75 Å². The second-order valence-corrected chi connectivity index (χ2v) is 5.66. The van der Waals surface area contributed by atoms with E-state index in [0.717, 1.165) is 16.9 Å². The van der Waals surface area contributed by atoms with Crippen LogP contribution >= 0.6 is 0 Å². The number of ether oxygens (including phenoxy) is 1. The Balaban J connectivity index is 2.40. The lowest BCUT2D eigenvalue weighted by Gasteiger charge is -2.15. The number of hydrogen-bond acceptors (Lipinski definition) is 3. The van der Waals surface area contributed by atoms with Crippen LogP contribution in [0.4, 0.5) is 13.6 Å². The standard InChI is InChI=1S/C16H23F2N3O3/c1-4-11(2)19-16(23)20-14(22)10-21(3)9-12-5-7-13(8-6-12)24-15(17)18/h5-8,11,15H,4,9-10H2,1-3H3,(H2,19,20,22,23)/p+1/t11-/m1/s1. The van der Waals surface area contributed by atoms with Crippen molar-refractivity contribution in [3.8, 4) is 5.75 Å². The molecule has 24 heavy (non-hydrogen) atoms. The number of carbonyl (C=O) groups excluding carboxylic acids is 2. The molecule has 0 saturated heterocycles. The number of hydrogen-bond donors (Lipinski definition) is 3. The molecule has 1 rings (SSSR count). The largest absolute Gasteiger partial charge is 0.435 e. The van der Waals surface area contributed by atoms with Crippen LogP contribution in [-0.2, 0) is 11.3 Å². The topological polar surface area (TPSA) is 71.9 Å². The van der Waals surface area contributed by atoms with Gasteiger partial charge in [-0.05, 0) is 37.6 Å². The van der Waals surface area contributed by atoms with Crippen molar-refractivity contribution < 1.29 is 28.0 Å². The summed E-state index contributed by atoms with van der Waals surface area (Å²) in [5, 5.41) is 4.93. The Morgan fingerprint density at radius 1 is 1.25 bits per heavy atom. The fourth-order valence-electron chi connectivity index (χ4n) is 2.01. The first-order valence-electron chi connectivity index (χ1n) is 7.75. The van der Waals surface area contributed by atoms with Gasteiger partial charge < -0.3 is 15.0 Å². The Bertz CT molecular complexity index is 538. The van der Waals surface area contributed by atoms with E-state index in [1.54, 1.807) is 19.2 Å². The number of likely N-dealkylation sites (N-methyl/N-ethyl adjacent to an activating group) is 1. The molecule has 0 aromatic heterocycles. The summed E-state index contributed by atoms with van der Waals surface area (Å²) < 4.78 is 28.4. The number of amides is 3. The Labute approximate surface area is 140 Å². The summed E-state index contributed by atoms with van der Waals surface area (Å²) in [6, 6.07) is 5.72. The molecular formula is C16H24F2N3O3+. The first-order chi connectivity index (χ1) is 11.3. The van der Waals surface area contributed by atoms with E-state index < -0.39 is 12.6 Å². The highest BCUT2D eigenvalue weighted by atomic mass is 19.3. The van der Waals surface area contributed by atoms with E-state index >= 15 is 0 Å². The highest BCUT2D eigenvalue weighted by Crippen LogP contribution is 2.14. The Kier molecular flexibility index (Phi) is 8.11. The van der Waals surface area contributed by atoms with Gasteiger partial charge in [0.15, 0.2) is 6.54 Å². The van der Waals surface area contributed by atoms with E-state index in [-0.39, 0.29) is 24.2 Å². The van der Waals surface area contributed by atoms with E-state index in [0.29, 0.717) is 6.54 Å². The molecule has 0 saturated carbocycles. The number of urea groups is 1. The molecule has 134 valence electrons. The lowest BCUT2D eigenvalue weighted by Crippen LogP contribution is -3.09. The van der Waals surface area contributed by atoms with Crippen molar-refractivity contribution in [2.75, 3.05) is 13.6 Å². The van der Waals surface area contributed by atoms with Gasteiger partial charge in [0.2, 0.25) is 0 Å². The Morgan fingerprint density at radius 2 is 1.88 bits per heavy atom. The molecule has 6 nitrogen and oxygen atoms in total. The Morgan fingerprint density at radius 3 is 2.42 bits per heavy atom. The number of alkyl halides is 2. The van der Waals surface area contributed by atoms with Crippen molar-refractivity contribution in [3.63, 3.8) is 0 Å². The molecule has 1 unspecified atom stereocenters. The van der Waals surface area contributed by atoms with Gasteiger partial charge in [0.05, 0.1) is 7.05 Å². The van der Waals surface area contributed by atoms with Crippen LogP contribution in [0.3, 0.4) is 0 Å². The minimum Gasteiger partial charge on any atom is -0.435 e. The third-order valence-electron chi connectivity index (χ3n) is 3.36. The molecule has 1 aromatic rings. The normalized spacial score (nSPS) is 13.2. The lowest BCUT2D eigenvalue weighted by atomic mass is 10.2. The zero-order valence-corrected chi connectivity index (χ0v) is 14.1. The van der Waals surface area contributed by atoms with E-state index in [4.69, 9.17) is 0 Å². The van der Waals surface area contributed by atoms with Crippen LogP contribution in [-0.4, -0.2) is 38.2 Å². The van der Waals surface area contributed by atoms with Crippen LogP contribution in [0.25, 0.3) is 0 Å². The van der Waals surface area contributed by atoms with E-state index in [2.05, 4.69) is 15.4 Å². The van der Waals surface area contributed by atoms with Gasteiger partial charge in [-0.1, -0.05) is 6.92 Å². The van der Waals surface area contributed by atoms with Crippen molar-refractivity contribution >= 4 is 11.9 Å². The van der Waals surface area contributed by atoms with E-state index in [1.165, 1.54) is 12.1 Å². The number of imide groups is 1. The van der Waals surface area contributed by atoms with Gasteiger partial charge >= 0.3 is 12.6 Å². The summed E-state index contributed by atoms with van der Waals surface area (Å²) >= 11 is 0. The number of quaternary nitrogens is 1. The number of rotatable bonds is 8. The minimum absolute atomic E-state index is 0.00292. The number of nitrogens with one attached hydrogen (secondary N) is 3. The molecule has 1 aromatic carbocycles. The first-order valence-corrected chi connectivity index (χ1v) is 7.75. The summed E-state index contributed by atoms with van der Waals surface area (Å²) in [6.45, 7) is 1.55. The molecule has 0 radical (unpaired) electrons. The van der Waals surface area contributed by atoms with Crippen LogP contribution in [0.1, 0.15) is 25.8 Å². The molecule has 0 aliphatic heterocycles. The quantitative estimate of drug-likeness (QED) is 0.657. The molecule has 0 spiro atoms. The van der Waals surface area contributed by atoms with Crippen molar-refractivity contribution in [3.05, 3.63) is 29.8 Å². The van der Waals surface area contributed by atoms with Crippen LogP contribution in [0.15, 0.2) is 24.3 Å². The van der Waals surface area contributed by atoms with Gasteiger partial charge in [0.1, 0.15) is 12.3 Å². The maximum Gasteiger partial charge on any atom is 0.387 e.